The van der Waals surface area contributed by atoms with Crippen LogP contribution in [0, 0.1) is 19.8 Å². The summed E-state index contributed by atoms with van der Waals surface area (Å²) in [7, 11) is 0. The van der Waals surface area contributed by atoms with E-state index >= 15 is 0 Å². The number of carbonyl (C=O) groups is 5. The number of hydrogen-bond acceptors (Lipinski definition) is 6. The number of rotatable bonds is 9. The van der Waals surface area contributed by atoms with Crippen molar-refractivity contribution in [1.29, 1.82) is 0 Å². The third-order valence-corrected chi connectivity index (χ3v) is 5.70. The molecule has 180 valence electrons. The number of aldehydes is 1. The Hall–Kier alpha value is -3.43. The van der Waals surface area contributed by atoms with E-state index in [9.17, 15) is 29.1 Å². The first-order valence-corrected chi connectivity index (χ1v) is 10.8. The number of nitrogens with zero attached hydrogens (tertiary/aromatic N) is 1. The van der Waals surface area contributed by atoms with Crippen LogP contribution in [0.4, 0.5) is 0 Å². The van der Waals surface area contributed by atoms with Gasteiger partial charge in [0.25, 0.3) is 5.91 Å². The van der Waals surface area contributed by atoms with Crippen molar-refractivity contribution >= 4 is 30.0 Å². The number of phenols is 1. The number of hydrogen-bond donors (Lipinski definition) is 4. The molecule has 2 unspecified atom stereocenters. The Labute approximate surface area is 192 Å². The smallest absolute Gasteiger partial charge is 0.305 e. The molecule has 1 fully saturated rings. The molecule has 1 saturated heterocycles. The van der Waals surface area contributed by atoms with Gasteiger partial charge in [-0.05, 0) is 55.9 Å². The second kappa shape index (κ2) is 10.9. The van der Waals surface area contributed by atoms with Gasteiger partial charge in [0.2, 0.25) is 11.8 Å². The summed E-state index contributed by atoms with van der Waals surface area (Å²) < 4.78 is 0. The van der Waals surface area contributed by atoms with Gasteiger partial charge in [0.1, 0.15) is 24.1 Å². The van der Waals surface area contributed by atoms with Gasteiger partial charge in [-0.25, -0.2) is 0 Å². The number of carbonyl (C=O) groups excluding carboxylic acids is 4. The fourth-order valence-electron chi connectivity index (χ4n) is 3.91. The predicted octanol–water partition coefficient (Wildman–Crippen LogP) is 0.913. The molecule has 1 aromatic carbocycles. The third kappa shape index (κ3) is 6.30. The highest BCUT2D eigenvalue weighted by atomic mass is 16.4. The summed E-state index contributed by atoms with van der Waals surface area (Å²) >= 11 is 0. The van der Waals surface area contributed by atoms with E-state index in [-0.39, 0.29) is 11.7 Å². The number of aliphatic carboxylic acids is 1. The fourth-order valence-corrected chi connectivity index (χ4v) is 3.91. The maximum Gasteiger partial charge on any atom is 0.305 e. The van der Waals surface area contributed by atoms with Crippen LogP contribution in [0.3, 0.4) is 0 Å². The number of amides is 3. The molecule has 0 bridgehead atoms. The molecule has 33 heavy (non-hydrogen) atoms. The summed E-state index contributed by atoms with van der Waals surface area (Å²) in [6.07, 6.45) is 0.729. The molecular formula is C23H31N3O7. The van der Waals surface area contributed by atoms with Crippen molar-refractivity contribution in [2.45, 2.75) is 65.1 Å². The Bertz CT molecular complexity index is 921. The van der Waals surface area contributed by atoms with Crippen LogP contribution in [0.2, 0.25) is 0 Å². The minimum atomic E-state index is -1.23. The summed E-state index contributed by atoms with van der Waals surface area (Å²) in [6.45, 7) is 7.20. The first-order valence-electron chi connectivity index (χ1n) is 10.8. The number of carboxylic acid groups (broad SMARTS) is 1. The fraction of sp³-hybridized carbons (Fsp3) is 0.522. The molecule has 2 rings (SSSR count). The number of likely N-dealkylation sites (tertiary alicyclic amines) is 1. The van der Waals surface area contributed by atoms with E-state index in [1.54, 1.807) is 27.7 Å². The third-order valence-electron chi connectivity index (χ3n) is 5.70. The van der Waals surface area contributed by atoms with E-state index in [1.807, 2.05) is 0 Å². The Balaban J connectivity index is 2.17. The molecule has 10 nitrogen and oxygen atoms in total. The van der Waals surface area contributed by atoms with Gasteiger partial charge in [0.15, 0.2) is 0 Å². The van der Waals surface area contributed by atoms with Crippen LogP contribution in [0.5, 0.6) is 5.75 Å². The van der Waals surface area contributed by atoms with Gasteiger partial charge in [-0.15, -0.1) is 0 Å². The van der Waals surface area contributed by atoms with Gasteiger partial charge in [-0.2, -0.15) is 0 Å². The van der Waals surface area contributed by atoms with E-state index in [2.05, 4.69) is 10.6 Å². The zero-order chi connectivity index (χ0) is 24.9. The van der Waals surface area contributed by atoms with Crippen molar-refractivity contribution < 1.29 is 34.2 Å². The number of phenolic OH excluding ortho intramolecular Hbond substituents is 1. The lowest BCUT2D eigenvalue weighted by molar-refractivity contribution is -0.142. The number of carboxylic acids is 1. The van der Waals surface area contributed by atoms with Gasteiger partial charge >= 0.3 is 5.97 Å². The molecule has 0 aromatic heterocycles. The first-order chi connectivity index (χ1) is 15.5. The maximum atomic E-state index is 13.3. The van der Waals surface area contributed by atoms with Crippen molar-refractivity contribution in [3.05, 3.63) is 28.8 Å². The SMILES string of the molecule is Cc1cc(C(=O)N[C@H](C(=O)N2CCCC2C(=O)NC(C=O)CC(=O)O)C(C)C)cc(C)c1O. The Morgan fingerprint density at radius 1 is 1.15 bits per heavy atom. The van der Waals surface area contributed by atoms with Gasteiger partial charge < -0.3 is 30.5 Å². The van der Waals surface area contributed by atoms with Gasteiger partial charge in [-0.1, -0.05) is 13.8 Å². The highest BCUT2D eigenvalue weighted by Gasteiger charge is 2.39. The normalized spacial score (nSPS) is 17.4. The molecular weight excluding hydrogens is 430 g/mol. The van der Waals surface area contributed by atoms with Crippen LogP contribution in [0.1, 0.15) is 54.6 Å². The van der Waals surface area contributed by atoms with Crippen LogP contribution in [-0.2, 0) is 19.2 Å². The average Bonchev–Trinajstić information content (AvgIpc) is 3.23. The quantitative estimate of drug-likeness (QED) is 0.399. The lowest BCUT2D eigenvalue weighted by Crippen LogP contribution is -2.56. The maximum absolute atomic E-state index is 13.3. The molecule has 0 radical (unpaired) electrons. The molecule has 1 aliphatic heterocycles. The van der Waals surface area contributed by atoms with E-state index < -0.39 is 48.2 Å². The van der Waals surface area contributed by atoms with Gasteiger partial charge in [-0.3, -0.25) is 19.2 Å². The topological polar surface area (TPSA) is 153 Å². The Kier molecular flexibility index (Phi) is 8.56. The van der Waals surface area contributed by atoms with E-state index in [0.29, 0.717) is 42.4 Å². The summed E-state index contributed by atoms with van der Waals surface area (Å²) in [5.74, 6) is -2.91. The first kappa shape index (κ1) is 25.8. The van der Waals surface area contributed by atoms with Crippen LogP contribution < -0.4 is 10.6 Å². The highest BCUT2D eigenvalue weighted by molar-refractivity contribution is 5.99. The molecule has 0 saturated carbocycles. The molecule has 1 aliphatic rings. The van der Waals surface area contributed by atoms with Crippen molar-refractivity contribution in [3.63, 3.8) is 0 Å². The van der Waals surface area contributed by atoms with E-state index in [1.165, 1.54) is 17.0 Å². The standard InChI is InChI=1S/C23H31N3O7/c1-12(2)19(25-21(31)15-8-13(3)20(30)14(4)9-15)23(33)26-7-5-6-17(26)22(32)24-16(11-27)10-18(28)29/h8-9,11-12,16-17,19,30H,5-7,10H2,1-4H3,(H,24,32)(H,25,31)(H,28,29)/t16?,17?,19-/m0/s1. The Morgan fingerprint density at radius 3 is 2.27 bits per heavy atom. The molecule has 0 spiro atoms. The van der Waals surface area contributed by atoms with Crippen molar-refractivity contribution in [2.24, 2.45) is 5.92 Å². The molecule has 3 amide bonds. The van der Waals surface area contributed by atoms with Gasteiger partial charge in [0, 0.05) is 12.1 Å². The predicted molar refractivity (Wildman–Crippen MR) is 119 cm³/mol. The summed E-state index contributed by atoms with van der Waals surface area (Å²) in [5, 5.41) is 23.9. The number of benzene rings is 1. The van der Waals surface area contributed by atoms with Crippen LogP contribution in [-0.4, -0.2) is 69.8 Å². The lowest BCUT2D eigenvalue weighted by Gasteiger charge is -2.31. The minimum Gasteiger partial charge on any atom is -0.507 e. The zero-order valence-corrected chi connectivity index (χ0v) is 19.3. The monoisotopic (exact) mass is 461 g/mol. The van der Waals surface area contributed by atoms with E-state index in [4.69, 9.17) is 5.11 Å². The number of nitrogens with one attached hydrogen (secondary N) is 2. The second-order valence-electron chi connectivity index (χ2n) is 8.69. The number of aryl methyl sites for hydroxylation is 2. The van der Waals surface area contributed by atoms with E-state index in [0.717, 1.165) is 0 Å². The summed E-state index contributed by atoms with van der Waals surface area (Å²) in [6, 6.07) is 0.127. The largest absolute Gasteiger partial charge is 0.507 e. The second-order valence-corrected chi connectivity index (χ2v) is 8.69. The molecule has 1 heterocycles. The summed E-state index contributed by atoms with van der Waals surface area (Å²) in [4.78, 5) is 62.2. The summed E-state index contributed by atoms with van der Waals surface area (Å²) in [5.41, 5.74) is 1.38. The molecule has 3 atom stereocenters. The van der Waals surface area contributed by atoms with Crippen LogP contribution >= 0.6 is 0 Å². The molecule has 1 aromatic rings. The van der Waals surface area contributed by atoms with Gasteiger partial charge in [0.05, 0.1) is 12.5 Å². The highest BCUT2D eigenvalue weighted by Crippen LogP contribution is 2.24. The van der Waals surface area contributed by atoms with Crippen molar-refractivity contribution in [3.8, 4) is 5.75 Å². The average molecular weight is 462 g/mol. The Morgan fingerprint density at radius 2 is 1.76 bits per heavy atom. The molecule has 0 aliphatic carbocycles. The van der Waals surface area contributed by atoms with Crippen molar-refractivity contribution in [2.75, 3.05) is 6.54 Å². The molecule has 4 N–H and O–H groups in total. The lowest BCUT2D eigenvalue weighted by atomic mass is 10.0. The molecule has 10 heteroatoms. The zero-order valence-electron chi connectivity index (χ0n) is 19.3. The number of aromatic hydroxyl groups is 1. The van der Waals surface area contributed by atoms with Crippen LogP contribution in [0.15, 0.2) is 12.1 Å². The van der Waals surface area contributed by atoms with Crippen molar-refractivity contribution in [1.82, 2.24) is 15.5 Å². The van der Waals surface area contributed by atoms with Crippen LogP contribution in [0.25, 0.3) is 0 Å². The minimum absolute atomic E-state index is 0.102.